The van der Waals surface area contributed by atoms with Crippen LogP contribution in [0.4, 0.5) is 13.2 Å². The van der Waals surface area contributed by atoms with E-state index in [2.05, 4.69) is 0 Å². The van der Waals surface area contributed by atoms with Crippen molar-refractivity contribution in [3.8, 4) is 10.8 Å². The number of nitrogens with two attached hydrogens (primary N) is 1. The van der Waals surface area contributed by atoms with Gasteiger partial charge < -0.3 is 15.6 Å². The van der Waals surface area contributed by atoms with Crippen LogP contribution >= 0.6 is 11.3 Å². The summed E-state index contributed by atoms with van der Waals surface area (Å²) in [6, 6.07) is 6.35. The molecule has 0 aliphatic heterocycles. The number of carbonyl (C=O) groups is 1. The van der Waals surface area contributed by atoms with Crippen LogP contribution in [-0.4, -0.2) is 24.0 Å². The topological polar surface area (TPSA) is 76.4 Å². The first-order valence-electron chi connectivity index (χ1n) is 8.27. The maximum atomic E-state index is 13.6. The van der Waals surface area contributed by atoms with E-state index in [0.29, 0.717) is 10.9 Å². The molecule has 1 unspecified atom stereocenters. The highest BCUT2D eigenvalue weighted by atomic mass is 32.1. The second-order valence-corrected chi connectivity index (χ2v) is 7.32. The maximum absolute atomic E-state index is 13.6. The van der Waals surface area contributed by atoms with E-state index in [9.17, 15) is 23.1 Å². The summed E-state index contributed by atoms with van der Waals surface area (Å²) in [4.78, 5) is 12.6. The Labute approximate surface area is 162 Å². The zero-order chi connectivity index (χ0) is 20.6. The summed E-state index contributed by atoms with van der Waals surface area (Å²) in [5.41, 5.74) is 5.71. The number of methoxy groups -OCH3 is 1. The van der Waals surface area contributed by atoms with Crippen molar-refractivity contribution in [1.29, 1.82) is 0 Å². The number of fused-ring (bicyclic) bond motifs is 1. The first-order chi connectivity index (χ1) is 13.1. The molecular formula is C19H18F3N2O3S+. The number of aryl methyl sites for hydroxylation is 1. The standard InChI is InChI=1S/C19H17F3N2O3S/c1-24-9-15(25)28-18(24)17(26)13(23)8-10-4-3-5-12-11(10)6-7-14(27-2)16(12)19(20,21)22/h3-7,9,13H,8,23H2,1-2H3/p+1. The van der Waals surface area contributed by atoms with Crippen LogP contribution in [-0.2, 0) is 19.6 Å². The largest absolute Gasteiger partial charge is 0.496 e. The highest BCUT2D eigenvalue weighted by molar-refractivity contribution is 7.14. The van der Waals surface area contributed by atoms with Gasteiger partial charge in [-0.05, 0) is 40.2 Å². The van der Waals surface area contributed by atoms with Crippen molar-refractivity contribution in [2.45, 2.75) is 18.6 Å². The van der Waals surface area contributed by atoms with E-state index >= 15 is 0 Å². The minimum atomic E-state index is -4.59. The lowest BCUT2D eigenvalue weighted by molar-refractivity contribution is -0.668. The highest BCUT2D eigenvalue weighted by Gasteiger charge is 2.37. The van der Waals surface area contributed by atoms with Crippen molar-refractivity contribution < 1.29 is 32.4 Å². The van der Waals surface area contributed by atoms with Gasteiger partial charge in [0.05, 0.1) is 13.2 Å². The number of nitrogens with zero attached hydrogens (tertiary/aromatic N) is 1. The van der Waals surface area contributed by atoms with Gasteiger partial charge in [-0.25, -0.2) is 0 Å². The number of alkyl halides is 3. The van der Waals surface area contributed by atoms with E-state index in [1.54, 1.807) is 13.1 Å². The smallest absolute Gasteiger partial charge is 0.420 e. The highest BCUT2D eigenvalue weighted by Crippen LogP contribution is 2.42. The predicted molar refractivity (Wildman–Crippen MR) is 98.7 cm³/mol. The molecule has 3 rings (SSSR count). The Bertz CT molecular complexity index is 1050. The molecule has 0 saturated carbocycles. The second kappa shape index (κ2) is 7.40. The molecular weight excluding hydrogens is 393 g/mol. The van der Waals surface area contributed by atoms with E-state index in [-0.39, 0.29) is 27.6 Å². The van der Waals surface area contributed by atoms with E-state index < -0.39 is 23.6 Å². The van der Waals surface area contributed by atoms with Gasteiger partial charge in [0.25, 0.3) is 5.78 Å². The van der Waals surface area contributed by atoms with Crippen LogP contribution in [0.5, 0.6) is 10.8 Å². The fraction of sp³-hybridized carbons (Fsp3) is 0.263. The number of ketones is 1. The summed E-state index contributed by atoms with van der Waals surface area (Å²) in [7, 11) is 2.79. The molecule has 0 aliphatic rings. The minimum absolute atomic E-state index is 0.0108. The van der Waals surface area contributed by atoms with Crippen LogP contribution in [0.2, 0.25) is 0 Å². The number of Topliss-reactive ketones (excluding diaryl/α,β-unsaturated/α-hetero) is 1. The number of hydrogen-bond acceptors (Lipinski definition) is 5. The summed E-state index contributed by atoms with van der Waals surface area (Å²) in [6.07, 6.45) is -3.15. The summed E-state index contributed by atoms with van der Waals surface area (Å²) in [5, 5.41) is 10.1. The molecule has 1 aromatic heterocycles. The van der Waals surface area contributed by atoms with Gasteiger partial charge >= 0.3 is 11.2 Å². The number of carbonyl (C=O) groups excluding carboxylic acids is 1. The lowest BCUT2D eigenvalue weighted by Gasteiger charge is -2.17. The third kappa shape index (κ3) is 3.67. The molecule has 0 amide bonds. The summed E-state index contributed by atoms with van der Waals surface area (Å²) in [6.45, 7) is 0. The molecule has 0 spiro atoms. The van der Waals surface area contributed by atoms with Crippen LogP contribution in [0.1, 0.15) is 20.9 Å². The molecule has 28 heavy (non-hydrogen) atoms. The molecule has 9 heteroatoms. The van der Waals surface area contributed by atoms with E-state index in [1.165, 1.54) is 42.1 Å². The zero-order valence-electron chi connectivity index (χ0n) is 15.1. The van der Waals surface area contributed by atoms with Gasteiger partial charge in [-0.3, -0.25) is 4.79 Å². The Morgan fingerprint density at radius 3 is 2.57 bits per heavy atom. The number of aromatic nitrogens is 1. The van der Waals surface area contributed by atoms with Gasteiger partial charge in [0, 0.05) is 0 Å². The molecule has 2 aromatic carbocycles. The third-order valence-electron chi connectivity index (χ3n) is 4.43. The Kier molecular flexibility index (Phi) is 5.31. The lowest BCUT2D eigenvalue weighted by atomic mass is 9.94. The fourth-order valence-electron chi connectivity index (χ4n) is 3.18. The van der Waals surface area contributed by atoms with Crippen molar-refractivity contribution in [1.82, 2.24) is 0 Å². The Hall–Kier alpha value is -2.65. The molecule has 0 fully saturated rings. The Balaban J connectivity index is 2.02. The minimum Gasteiger partial charge on any atom is -0.496 e. The van der Waals surface area contributed by atoms with Gasteiger partial charge in [0.2, 0.25) is 11.3 Å². The molecule has 5 nitrogen and oxygen atoms in total. The van der Waals surface area contributed by atoms with E-state index in [0.717, 1.165) is 11.3 Å². The molecule has 0 aliphatic carbocycles. The van der Waals surface area contributed by atoms with E-state index in [1.807, 2.05) is 0 Å². The first-order valence-corrected chi connectivity index (χ1v) is 9.09. The van der Waals surface area contributed by atoms with Crippen LogP contribution in [0, 0.1) is 0 Å². The number of benzene rings is 2. The van der Waals surface area contributed by atoms with Gasteiger partial charge in [-0.15, -0.1) is 0 Å². The number of rotatable bonds is 5. The average Bonchev–Trinajstić information content (AvgIpc) is 2.97. The van der Waals surface area contributed by atoms with Crippen LogP contribution in [0.3, 0.4) is 0 Å². The molecule has 3 N–H and O–H groups in total. The number of aromatic hydroxyl groups is 1. The zero-order valence-corrected chi connectivity index (χ0v) is 15.9. The van der Waals surface area contributed by atoms with Gasteiger partial charge in [-0.2, -0.15) is 17.7 Å². The van der Waals surface area contributed by atoms with Crippen molar-refractivity contribution >= 4 is 27.9 Å². The SMILES string of the molecule is COc1ccc2c(CC(N)C(=O)c3sc(O)c[n+]3C)cccc2c1C(F)(F)F. The third-order valence-corrected chi connectivity index (χ3v) is 5.43. The number of ether oxygens (including phenoxy) is 1. The summed E-state index contributed by atoms with van der Waals surface area (Å²) >= 11 is 0.899. The molecule has 148 valence electrons. The second-order valence-electron chi connectivity index (χ2n) is 6.31. The number of thiazole rings is 1. The van der Waals surface area contributed by atoms with Gasteiger partial charge in [-0.1, -0.05) is 24.3 Å². The summed E-state index contributed by atoms with van der Waals surface area (Å²) < 4.78 is 47.1. The molecule has 1 atom stereocenters. The van der Waals surface area contributed by atoms with Crippen molar-refractivity contribution in [2.75, 3.05) is 7.11 Å². The van der Waals surface area contributed by atoms with Gasteiger partial charge in [0.15, 0.2) is 0 Å². The van der Waals surface area contributed by atoms with Crippen LogP contribution < -0.4 is 15.0 Å². The number of hydrogen-bond donors (Lipinski definition) is 2. The Morgan fingerprint density at radius 2 is 2.00 bits per heavy atom. The fourth-order valence-corrected chi connectivity index (χ4v) is 4.04. The lowest BCUT2D eigenvalue weighted by Crippen LogP contribution is -2.40. The normalized spacial score (nSPS) is 12.9. The molecule has 0 radical (unpaired) electrons. The Morgan fingerprint density at radius 1 is 1.29 bits per heavy atom. The maximum Gasteiger partial charge on any atom is 0.420 e. The van der Waals surface area contributed by atoms with E-state index in [4.69, 9.17) is 10.5 Å². The van der Waals surface area contributed by atoms with Crippen molar-refractivity contribution in [2.24, 2.45) is 12.8 Å². The summed E-state index contributed by atoms with van der Waals surface area (Å²) in [5.74, 6) is -0.659. The predicted octanol–water partition coefficient (Wildman–Crippen LogP) is 3.21. The molecule has 3 aromatic rings. The molecule has 0 bridgehead atoms. The molecule has 1 heterocycles. The van der Waals surface area contributed by atoms with Crippen molar-refractivity contribution in [3.05, 3.63) is 52.7 Å². The molecule has 0 saturated heterocycles. The average molecular weight is 411 g/mol. The monoisotopic (exact) mass is 411 g/mol. The van der Waals surface area contributed by atoms with Crippen LogP contribution in [0.15, 0.2) is 36.5 Å². The first kappa shape index (κ1) is 20.1. The number of halogens is 3. The van der Waals surface area contributed by atoms with Gasteiger partial charge in [0.1, 0.15) is 18.4 Å². The van der Waals surface area contributed by atoms with Crippen molar-refractivity contribution in [3.63, 3.8) is 0 Å². The quantitative estimate of drug-likeness (QED) is 0.499. The van der Waals surface area contributed by atoms with Crippen LogP contribution in [0.25, 0.3) is 10.8 Å².